The number of amides is 1. The summed E-state index contributed by atoms with van der Waals surface area (Å²) >= 11 is 13.0. The fourth-order valence-electron chi connectivity index (χ4n) is 5.27. The van der Waals surface area contributed by atoms with E-state index in [1.807, 2.05) is 6.92 Å². The molecule has 0 aliphatic carbocycles. The van der Waals surface area contributed by atoms with Gasteiger partial charge in [-0.25, -0.2) is 9.18 Å². The van der Waals surface area contributed by atoms with Crippen LogP contribution in [0, 0.1) is 5.82 Å². The second-order valence-corrected chi connectivity index (χ2v) is 11.2. The second-order valence-electron chi connectivity index (χ2n) is 10.4. The number of allylic oxidation sites excluding steroid dienone is 1. The highest BCUT2D eigenvalue weighted by atomic mass is 35.5. The third-order valence-corrected chi connectivity index (χ3v) is 8.05. The zero-order chi connectivity index (χ0) is 29.8. The fourth-order valence-corrected chi connectivity index (χ4v) is 5.92. The van der Waals surface area contributed by atoms with Crippen LogP contribution in [0.25, 0.3) is 27.6 Å². The van der Waals surface area contributed by atoms with E-state index in [0.717, 1.165) is 0 Å². The third-order valence-electron chi connectivity index (χ3n) is 7.45. The molecule has 3 heterocycles. The van der Waals surface area contributed by atoms with Crippen molar-refractivity contribution >= 4 is 51.8 Å². The van der Waals surface area contributed by atoms with E-state index >= 15 is 4.39 Å². The molecule has 216 valence electrons. The maximum Gasteiger partial charge on any atom is 0.365 e. The molecule has 0 radical (unpaired) electrons. The highest BCUT2D eigenvalue weighted by molar-refractivity contribution is 6.40. The average Bonchev–Trinajstić information content (AvgIpc) is 3.28. The van der Waals surface area contributed by atoms with Crippen LogP contribution >= 0.6 is 23.2 Å². The number of nitrogens with two attached hydrogens (primary N) is 1. The van der Waals surface area contributed by atoms with E-state index in [0.29, 0.717) is 46.7 Å². The molecule has 12 heteroatoms. The standard InChI is InChI=1S/C30H25Cl2FN4O5/c1-30(13-40-14-30)37-25-9-20(24(33)8-21(25)29(39)42-37)19-5-3-4-16-12-36(15-41-27(16)19)28(38)26-22(31)6-17(7-23(26)32)18(10-34)11-35-2/h3-11H,12-15,34H2,1-2H3. The minimum Gasteiger partial charge on any atom is -0.472 e. The summed E-state index contributed by atoms with van der Waals surface area (Å²) in [7, 11) is 1.61. The lowest BCUT2D eigenvalue weighted by atomic mass is 9.97. The molecule has 1 fully saturated rings. The highest BCUT2D eigenvalue weighted by Gasteiger charge is 2.39. The molecule has 3 aromatic carbocycles. The Balaban J connectivity index is 1.34. The average molecular weight is 611 g/mol. The summed E-state index contributed by atoms with van der Waals surface area (Å²) in [6.45, 7) is 2.69. The summed E-state index contributed by atoms with van der Waals surface area (Å²) in [4.78, 5) is 31.5. The molecule has 0 unspecified atom stereocenters. The number of carbonyl (C=O) groups excluding carboxylic acids is 1. The van der Waals surface area contributed by atoms with Crippen LogP contribution in [0.4, 0.5) is 4.39 Å². The minimum absolute atomic E-state index is 0.122. The van der Waals surface area contributed by atoms with E-state index in [9.17, 15) is 9.59 Å². The number of benzene rings is 3. The molecule has 9 nitrogen and oxygen atoms in total. The summed E-state index contributed by atoms with van der Waals surface area (Å²) in [5.41, 5.74) is 7.69. The Morgan fingerprint density at radius 2 is 1.88 bits per heavy atom. The summed E-state index contributed by atoms with van der Waals surface area (Å²) in [6, 6.07) is 11.2. The Morgan fingerprint density at radius 3 is 2.52 bits per heavy atom. The van der Waals surface area contributed by atoms with Crippen LogP contribution in [-0.2, 0) is 16.8 Å². The molecular formula is C30H25Cl2FN4O5. The van der Waals surface area contributed by atoms with Crippen LogP contribution in [0.15, 0.2) is 63.0 Å². The van der Waals surface area contributed by atoms with E-state index in [1.54, 1.807) is 49.7 Å². The molecule has 42 heavy (non-hydrogen) atoms. The van der Waals surface area contributed by atoms with Crippen molar-refractivity contribution in [2.75, 3.05) is 27.0 Å². The van der Waals surface area contributed by atoms with Crippen LogP contribution in [0.5, 0.6) is 5.75 Å². The molecule has 2 aliphatic rings. The molecule has 1 amide bonds. The quantitative estimate of drug-likeness (QED) is 0.301. The lowest BCUT2D eigenvalue weighted by Crippen LogP contribution is -2.48. The molecular weight excluding hydrogens is 586 g/mol. The maximum atomic E-state index is 15.5. The fraction of sp³-hybridized carbons (Fsp3) is 0.233. The van der Waals surface area contributed by atoms with E-state index in [1.165, 1.54) is 21.9 Å². The van der Waals surface area contributed by atoms with Gasteiger partial charge >= 0.3 is 5.63 Å². The Bertz CT molecular complexity index is 1850. The predicted octanol–water partition coefficient (Wildman–Crippen LogP) is 5.45. The number of fused-ring (bicyclic) bond motifs is 2. The van der Waals surface area contributed by atoms with Crippen LogP contribution in [0.1, 0.15) is 28.4 Å². The van der Waals surface area contributed by atoms with Gasteiger partial charge in [-0.05, 0) is 36.8 Å². The van der Waals surface area contributed by atoms with Crippen molar-refractivity contribution < 1.29 is 23.2 Å². The van der Waals surface area contributed by atoms with Gasteiger partial charge in [0.05, 0.1) is 46.3 Å². The van der Waals surface area contributed by atoms with E-state index in [-0.39, 0.29) is 39.8 Å². The molecule has 6 rings (SSSR count). The largest absolute Gasteiger partial charge is 0.472 e. The van der Waals surface area contributed by atoms with Crippen molar-refractivity contribution in [2.24, 2.45) is 10.7 Å². The number of aliphatic imine (C=N–C) groups is 1. The molecule has 1 saturated heterocycles. The van der Waals surface area contributed by atoms with Gasteiger partial charge in [-0.1, -0.05) is 41.4 Å². The number of rotatable bonds is 5. The number of halogens is 3. The maximum absolute atomic E-state index is 15.5. The van der Waals surface area contributed by atoms with Gasteiger partial charge in [-0.15, -0.1) is 0 Å². The first-order valence-corrected chi connectivity index (χ1v) is 13.7. The van der Waals surface area contributed by atoms with Gasteiger partial charge in [0.2, 0.25) is 0 Å². The Morgan fingerprint density at radius 1 is 1.14 bits per heavy atom. The molecule has 0 bridgehead atoms. The first-order chi connectivity index (χ1) is 20.1. The van der Waals surface area contributed by atoms with E-state index < -0.39 is 22.9 Å². The van der Waals surface area contributed by atoms with Gasteiger partial charge in [0.1, 0.15) is 17.1 Å². The summed E-state index contributed by atoms with van der Waals surface area (Å²) < 4.78 is 33.8. The summed E-state index contributed by atoms with van der Waals surface area (Å²) in [6.07, 6.45) is 2.93. The van der Waals surface area contributed by atoms with Crippen LogP contribution in [-0.4, -0.2) is 48.8 Å². The van der Waals surface area contributed by atoms with Crippen molar-refractivity contribution in [3.8, 4) is 16.9 Å². The predicted molar refractivity (Wildman–Crippen MR) is 159 cm³/mol. The van der Waals surface area contributed by atoms with Gasteiger partial charge in [-0.3, -0.25) is 9.79 Å². The Hall–Kier alpha value is -4.12. The zero-order valence-electron chi connectivity index (χ0n) is 22.6. The number of hydrogen-bond acceptors (Lipinski definition) is 7. The van der Waals surface area contributed by atoms with Gasteiger partial charge in [0.25, 0.3) is 5.91 Å². The van der Waals surface area contributed by atoms with Crippen LogP contribution < -0.4 is 16.1 Å². The number of para-hydroxylation sites is 1. The molecule has 1 aromatic heterocycles. The van der Waals surface area contributed by atoms with Gasteiger partial charge in [0.15, 0.2) is 6.73 Å². The second kappa shape index (κ2) is 10.6. The molecule has 0 spiro atoms. The lowest BCUT2D eigenvalue weighted by Gasteiger charge is -2.37. The number of ether oxygens (including phenoxy) is 2. The Labute approximate surface area is 249 Å². The van der Waals surface area contributed by atoms with Crippen LogP contribution in [0.2, 0.25) is 10.0 Å². The summed E-state index contributed by atoms with van der Waals surface area (Å²) in [5, 5.41) is 0.443. The van der Waals surface area contributed by atoms with Crippen molar-refractivity contribution in [3.05, 3.63) is 91.6 Å². The van der Waals surface area contributed by atoms with Crippen molar-refractivity contribution in [1.29, 1.82) is 0 Å². The smallest absolute Gasteiger partial charge is 0.365 e. The first-order valence-electron chi connectivity index (χ1n) is 13.0. The van der Waals surface area contributed by atoms with Crippen molar-refractivity contribution in [2.45, 2.75) is 19.0 Å². The van der Waals surface area contributed by atoms with Gasteiger partial charge in [0, 0.05) is 41.7 Å². The van der Waals surface area contributed by atoms with E-state index in [2.05, 4.69) is 4.99 Å². The third kappa shape index (κ3) is 4.56. The van der Waals surface area contributed by atoms with Crippen molar-refractivity contribution in [1.82, 2.24) is 9.64 Å². The van der Waals surface area contributed by atoms with Gasteiger partial charge < -0.3 is 24.6 Å². The highest BCUT2D eigenvalue weighted by Crippen LogP contribution is 2.40. The number of carbonyl (C=O) groups is 1. The summed E-state index contributed by atoms with van der Waals surface area (Å²) in [5.74, 6) is -0.601. The number of aromatic nitrogens is 1. The molecule has 0 atom stereocenters. The monoisotopic (exact) mass is 610 g/mol. The number of hydrogen-bond donors (Lipinski definition) is 1. The normalized spacial score (nSPS) is 16.4. The zero-order valence-corrected chi connectivity index (χ0v) is 24.1. The number of nitrogens with zero attached hydrogens (tertiary/aromatic N) is 3. The topological polar surface area (TPSA) is 112 Å². The van der Waals surface area contributed by atoms with Crippen LogP contribution in [0.3, 0.4) is 0 Å². The molecule has 2 aliphatic heterocycles. The molecule has 2 N–H and O–H groups in total. The Kier molecular flexibility index (Phi) is 7.08. The lowest BCUT2D eigenvalue weighted by molar-refractivity contribution is -0.120. The van der Waals surface area contributed by atoms with Crippen molar-refractivity contribution in [3.63, 3.8) is 0 Å². The molecule has 4 aromatic rings. The SMILES string of the molecule is CN=CC(=CN)c1cc(Cl)c(C(=O)N2COc3c(cccc3-c3cc4c(cc3F)c(=O)on4C3(C)COC3)C2)c(Cl)c1. The first kappa shape index (κ1) is 28.0. The van der Waals surface area contributed by atoms with Gasteiger partial charge in [-0.2, -0.15) is 4.74 Å². The van der Waals surface area contributed by atoms with E-state index in [4.69, 9.17) is 42.9 Å². The molecule has 0 saturated carbocycles. The minimum atomic E-state index is -0.622.